The fraction of sp³-hybridized carbons (Fsp3) is 0.385. The summed E-state index contributed by atoms with van der Waals surface area (Å²) in [4.78, 5) is 29.7. The maximum Gasteiger partial charge on any atom is 0.295 e. The smallest absolute Gasteiger partial charge is 0.295 e. The van der Waals surface area contributed by atoms with Crippen LogP contribution in [0, 0.1) is 12.7 Å². The average Bonchev–Trinajstić information content (AvgIpc) is 3.05. The van der Waals surface area contributed by atoms with Crippen LogP contribution in [-0.4, -0.2) is 67.5 Å². The first-order valence-electron chi connectivity index (χ1n) is 11.2. The van der Waals surface area contributed by atoms with Gasteiger partial charge in [-0.15, -0.1) is 0 Å². The largest absolute Gasteiger partial charge is 0.507 e. The number of benzene rings is 2. The molecule has 0 radical (unpaired) electrons. The Hall–Kier alpha value is -3.39. The number of aryl methyl sites for hydroxylation is 1. The summed E-state index contributed by atoms with van der Waals surface area (Å²) < 4.78 is 24.9. The molecule has 3 rings (SSSR count). The normalized spacial score (nSPS) is 17.5. The lowest BCUT2D eigenvalue weighted by Gasteiger charge is -2.26. The minimum absolute atomic E-state index is 0.0351. The summed E-state index contributed by atoms with van der Waals surface area (Å²) in [6, 6.07) is 8.45. The molecule has 1 aliphatic rings. The van der Waals surface area contributed by atoms with Crippen molar-refractivity contribution in [2.24, 2.45) is 0 Å². The molecule has 0 bridgehead atoms. The third-order valence-electron chi connectivity index (χ3n) is 5.78. The second-order valence-electron chi connectivity index (χ2n) is 8.46. The number of hydrogen-bond donors (Lipinski definition) is 1. The summed E-state index contributed by atoms with van der Waals surface area (Å²) in [5.74, 6) is -1.23. The number of amides is 1. The van der Waals surface area contributed by atoms with Crippen molar-refractivity contribution in [3.05, 3.63) is 64.5 Å². The van der Waals surface area contributed by atoms with E-state index in [1.54, 1.807) is 25.1 Å². The molecule has 1 saturated heterocycles. The molecule has 8 heteroatoms. The lowest BCUT2D eigenvalue weighted by atomic mass is 9.94. The molecule has 1 unspecified atom stereocenters. The Morgan fingerprint density at radius 2 is 1.88 bits per heavy atom. The Kier molecular flexibility index (Phi) is 7.94. The first-order chi connectivity index (χ1) is 16.2. The highest BCUT2D eigenvalue weighted by Crippen LogP contribution is 2.42. The Balaban J connectivity index is 2.15. The highest BCUT2D eigenvalue weighted by Gasteiger charge is 2.46. The summed E-state index contributed by atoms with van der Waals surface area (Å²) in [6.45, 7) is 4.92. The fourth-order valence-electron chi connectivity index (χ4n) is 4.09. The van der Waals surface area contributed by atoms with E-state index in [9.17, 15) is 19.1 Å². The van der Waals surface area contributed by atoms with Crippen molar-refractivity contribution in [3.8, 4) is 11.5 Å². The number of aliphatic hydroxyl groups excluding tert-OH is 1. The Labute approximate surface area is 199 Å². The predicted molar refractivity (Wildman–Crippen MR) is 127 cm³/mol. The van der Waals surface area contributed by atoms with Crippen LogP contribution in [0.5, 0.6) is 11.5 Å². The number of Topliss-reactive ketones (excluding diaryl/α,β-unsaturated/α-hetero) is 1. The zero-order valence-corrected chi connectivity index (χ0v) is 20.2. The van der Waals surface area contributed by atoms with Gasteiger partial charge in [-0.2, -0.15) is 0 Å². The van der Waals surface area contributed by atoms with E-state index in [-0.39, 0.29) is 16.9 Å². The molecule has 0 spiro atoms. The van der Waals surface area contributed by atoms with Gasteiger partial charge in [-0.1, -0.05) is 6.07 Å². The number of hydrogen-bond acceptors (Lipinski definition) is 6. The summed E-state index contributed by atoms with van der Waals surface area (Å²) in [5, 5.41) is 11.1. The van der Waals surface area contributed by atoms with E-state index in [0.29, 0.717) is 42.2 Å². The van der Waals surface area contributed by atoms with Crippen molar-refractivity contribution >= 4 is 17.4 Å². The zero-order valence-electron chi connectivity index (χ0n) is 20.2. The van der Waals surface area contributed by atoms with Crippen LogP contribution in [0.2, 0.25) is 0 Å². The Bertz CT molecular complexity index is 1110. The topological polar surface area (TPSA) is 79.3 Å². The van der Waals surface area contributed by atoms with Gasteiger partial charge in [0.15, 0.2) is 11.5 Å². The molecule has 0 aliphatic carbocycles. The van der Waals surface area contributed by atoms with Crippen molar-refractivity contribution in [2.45, 2.75) is 26.3 Å². The summed E-state index contributed by atoms with van der Waals surface area (Å²) in [5.41, 5.74) is 1.16. The molecule has 1 aliphatic heterocycles. The zero-order chi connectivity index (χ0) is 25.0. The maximum atomic E-state index is 13.8. The van der Waals surface area contributed by atoms with Gasteiger partial charge in [-0.05, 0) is 82.4 Å². The van der Waals surface area contributed by atoms with Crippen LogP contribution < -0.4 is 9.47 Å². The van der Waals surface area contributed by atoms with E-state index in [1.165, 1.54) is 30.2 Å². The van der Waals surface area contributed by atoms with Gasteiger partial charge in [0.1, 0.15) is 11.6 Å². The second-order valence-corrected chi connectivity index (χ2v) is 8.46. The number of ketones is 1. The predicted octanol–water partition coefficient (Wildman–Crippen LogP) is 3.91. The molecule has 1 amide bonds. The molecule has 1 heterocycles. The highest BCUT2D eigenvalue weighted by atomic mass is 19.1. The lowest BCUT2D eigenvalue weighted by molar-refractivity contribution is -0.139. The third-order valence-corrected chi connectivity index (χ3v) is 5.78. The van der Waals surface area contributed by atoms with Gasteiger partial charge in [0.25, 0.3) is 11.7 Å². The first kappa shape index (κ1) is 25.2. The molecule has 1 N–H and O–H groups in total. The van der Waals surface area contributed by atoms with Crippen LogP contribution in [0.3, 0.4) is 0 Å². The van der Waals surface area contributed by atoms with E-state index in [4.69, 9.17) is 9.47 Å². The van der Waals surface area contributed by atoms with Gasteiger partial charge < -0.3 is 24.4 Å². The molecular weight excluding hydrogens is 439 g/mol. The average molecular weight is 471 g/mol. The van der Waals surface area contributed by atoms with Crippen molar-refractivity contribution in [3.63, 3.8) is 0 Å². The quantitative estimate of drug-likeness (QED) is 0.340. The molecule has 34 heavy (non-hydrogen) atoms. The highest BCUT2D eigenvalue weighted by molar-refractivity contribution is 6.46. The molecular formula is C26H31FN2O5. The van der Waals surface area contributed by atoms with Crippen LogP contribution in [0.4, 0.5) is 4.39 Å². The minimum Gasteiger partial charge on any atom is -0.507 e. The first-order valence-corrected chi connectivity index (χ1v) is 11.2. The van der Waals surface area contributed by atoms with E-state index in [0.717, 1.165) is 6.54 Å². The van der Waals surface area contributed by atoms with Crippen molar-refractivity contribution in [1.82, 2.24) is 9.80 Å². The van der Waals surface area contributed by atoms with E-state index in [2.05, 4.69) is 0 Å². The van der Waals surface area contributed by atoms with Crippen LogP contribution in [0.1, 0.15) is 36.1 Å². The number of aliphatic hydroxyl groups is 1. The van der Waals surface area contributed by atoms with E-state index >= 15 is 0 Å². The van der Waals surface area contributed by atoms with E-state index < -0.39 is 23.5 Å². The second kappa shape index (κ2) is 10.7. The standard InChI is InChI=1S/C26H31FN2O5/c1-6-34-20-11-9-17(15-21(20)33-5)23-22(24(30)18-8-10-19(27)16(2)14-18)25(31)26(32)29(23)13-7-12-28(3)4/h8-11,14-15,23,30H,6-7,12-13H2,1-5H3/b24-22-. The van der Waals surface area contributed by atoms with Gasteiger partial charge in [0.05, 0.1) is 25.3 Å². The van der Waals surface area contributed by atoms with Gasteiger partial charge in [0.2, 0.25) is 0 Å². The summed E-state index contributed by atoms with van der Waals surface area (Å²) >= 11 is 0. The van der Waals surface area contributed by atoms with Crippen molar-refractivity contribution < 1.29 is 28.6 Å². The van der Waals surface area contributed by atoms with Crippen LogP contribution in [0.15, 0.2) is 42.0 Å². The number of rotatable bonds is 9. The summed E-state index contributed by atoms with van der Waals surface area (Å²) in [7, 11) is 5.37. The van der Waals surface area contributed by atoms with Crippen LogP contribution in [-0.2, 0) is 9.59 Å². The van der Waals surface area contributed by atoms with Gasteiger partial charge >= 0.3 is 0 Å². The van der Waals surface area contributed by atoms with Crippen molar-refractivity contribution in [2.75, 3.05) is 40.9 Å². The number of carbonyl (C=O) groups is 2. The monoisotopic (exact) mass is 470 g/mol. The SMILES string of the molecule is CCOc1ccc(C2/C(=C(/O)c3ccc(F)c(C)c3)C(=O)C(=O)N2CCCN(C)C)cc1OC. The molecule has 2 aromatic carbocycles. The van der Waals surface area contributed by atoms with Gasteiger partial charge in [0, 0.05) is 12.1 Å². The number of likely N-dealkylation sites (tertiary alicyclic amines) is 1. The van der Waals surface area contributed by atoms with Crippen molar-refractivity contribution in [1.29, 1.82) is 0 Å². The van der Waals surface area contributed by atoms with Crippen LogP contribution >= 0.6 is 0 Å². The van der Waals surface area contributed by atoms with Gasteiger partial charge in [-0.25, -0.2) is 4.39 Å². The third kappa shape index (κ3) is 5.07. The Morgan fingerprint density at radius 1 is 1.15 bits per heavy atom. The lowest BCUT2D eigenvalue weighted by Crippen LogP contribution is -2.32. The molecule has 0 saturated carbocycles. The number of carbonyl (C=O) groups excluding carboxylic acids is 2. The number of nitrogens with zero attached hydrogens (tertiary/aromatic N) is 2. The summed E-state index contributed by atoms with van der Waals surface area (Å²) in [6.07, 6.45) is 0.639. The molecule has 0 aromatic heterocycles. The Morgan fingerprint density at radius 3 is 2.50 bits per heavy atom. The number of ether oxygens (including phenoxy) is 2. The van der Waals surface area contributed by atoms with Crippen LogP contribution in [0.25, 0.3) is 5.76 Å². The van der Waals surface area contributed by atoms with Gasteiger partial charge in [-0.3, -0.25) is 9.59 Å². The minimum atomic E-state index is -0.822. The molecule has 7 nitrogen and oxygen atoms in total. The maximum absolute atomic E-state index is 13.8. The molecule has 182 valence electrons. The molecule has 1 atom stereocenters. The number of methoxy groups -OCH3 is 1. The fourth-order valence-corrected chi connectivity index (χ4v) is 4.09. The molecule has 1 fully saturated rings. The van der Waals surface area contributed by atoms with E-state index in [1.807, 2.05) is 25.9 Å². The number of halogens is 1. The molecule has 2 aromatic rings.